The van der Waals surface area contributed by atoms with Gasteiger partial charge in [-0.2, -0.15) is 13.7 Å². The molecule has 0 atom stereocenters. The van der Waals surface area contributed by atoms with Crippen molar-refractivity contribution >= 4 is 27.5 Å². The van der Waals surface area contributed by atoms with Crippen LogP contribution in [0.5, 0.6) is 0 Å². The van der Waals surface area contributed by atoms with Crippen molar-refractivity contribution in [2.75, 3.05) is 18.9 Å². The third-order valence-corrected chi connectivity index (χ3v) is 7.11. The van der Waals surface area contributed by atoms with Crippen molar-refractivity contribution in [1.82, 2.24) is 4.90 Å². The van der Waals surface area contributed by atoms with Crippen LogP contribution in [0.15, 0.2) is 33.6 Å². The summed E-state index contributed by atoms with van der Waals surface area (Å²) < 4.78 is 29.7. The quantitative estimate of drug-likeness (QED) is 0.806. The highest BCUT2D eigenvalue weighted by Gasteiger charge is 2.39. The van der Waals surface area contributed by atoms with E-state index in [0.29, 0.717) is 30.8 Å². The molecule has 1 aliphatic heterocycles. The highest BCUT2D eigenvalue weighted by atomic mass is 32.2. The SMILES string of the molecule is CN1CCCCCC1=NS(=O)(=O)c1cccc(NC(=O)C2(C#N)CCCCC2)c1. The lowest BCUT2D eigenvalue weighted by molar-refractivity contribution is -0.124. The van der Waals surface area contributed by atoms with Crippen molar-refractivity contribution < 1.29 is 13.2 Å². The molecule has 1 aliphatic carbocycles. The Kier molecular flexibility index (Phi) is 6.58. The Hall–Kier alpha value is -2.40. The number of nitrogens with one attached hydrogen (secondary N) is 1. The highest BCUT2D eigenvalue weighted by molar-refractivity contribution is 7.90. The van der Waals surface area contributed by atoms with Gasteiger partial charge in [0.05, 0.1) is 11.0 Å². The number of anilines is 1. The molecule has 29 heavy (non-hydrogen) atoms. The summed E-state index contributed by atoms with van der Waals surface area (Å²) in [5.41, 5.74) is -0.665. The first-order chi connectivity index (χ1) is 13.9. The molecule has 1 aromatic rings. The number of sulfonamides is 1. The summed E-state index contributed by atoms with van der Waals surface area (Å²) in [5.74, 6) is 0.214. The third kappa shape index (κ3) is 4.96. The van der Waals surface area contributed by atoms with Gasteiger partial charge in [0.2, 0.25) is 5.91 Å². The average molecular weight is 417 g/mol. The molecule has 156 valence electrons. The molecule has 1 amide bonds. The lowest BCUT2D eigenvalue weighted by atomic mass is 9.74. The van der Waals surface area contributed by atoms with Crippen molar-refractivity contribution in [2.45, 2.75) is 62.7 Å². The molecule has 0 aromatic heterocycles. The average Bonchev–Trinajstić information content (AvgIpc) is 2.92. The number of rotatable bonds is 4. The molecule has 0 radical (unpaired) electrons. The van der Waals surface area contributed by atoms with Gasteiger partial charge in [-0.25, -0.2) is 0 Å². The third-order valence-electron chi connectivity index (χ3n) is 5.81. The van der Waals surface area contributed by atoms with Gasteiger partial charge in [-0.05, 0) is 43.9 Å². The Balaban J connectivity index is 1.81. The van der Waals surface area contributed by atoms with Crippen molar-refractivity contribution in [3.8, 4) is 6.07 Å². The molecule has 2 aliphatic rings. The zero-order valence-corrected chi connectivity index (χ0v) is 17.7. The Morgan fingerprint density at radius 3 is 2.62 bits per heavy atom. The van der Waals surface area contributed by atoms with Gasteiger partial charge in [0, 0.05) is 25.7 Å². The van der Waals surface area contributed by atoms with Crippen molar-refractivity contribution in [2.24, 2.45) is 9.81 Å². The van der Waals surface area contributed by atoms with E-state index < -0.39 is 15.4 Å². The molecule has 2 fully saturated rings. The van der Waals surface area contributed by atoms with Crippen LogP contribution in [0.1, 0.15) is 57.8 Å². The second-order valence-corrected chi connectivity index (χ2v) is 9.56. The zero-order chi connectivity index (χ0) is 20.9. The van der Waals surface area contributed by atoms with Crippen molar-refractivity contribution in [1.29, 1.82) is 5.26 Å². The molecular formula is C21H28N4O3S. The van der Waals surface area contributed by atoms with Crippen LogP contribution in [0.25, 0.3) is 0 Å². The largest absolute Gasteiger partial charge is 0.362 e. The van der Waals surface area contributed by atoms with Crippen LogP contribution in [-0.2, 0) is 14.8 Å². The molecule has 0 bridgehead atoms. The number of nitriles is 1. The smallest absolute Gasteiger partial charge is 0.284 e. The van der Waals surface area contributed by atoms with Gasteiger partial charge in [-0.1, -0.05) is 31.7 Å². The van der Waals surface area contributed by atoms with E-state index >= 15 is 0 Å². The Morgan fingerprint density at radius 2 is 1.90 bits per heavy atom. The number of amides is 1. The van der Waals surface area contributed by atoms with Gasteiger partial charge in [0.15, 0.2) is 0 Å². The number of likely N-dealkylation sites (tertiary alicyclic amines) is 1. The van der Waals surface area contributed by atoms with Gasteiger partial charge in [-0.3, -0.25) is 4.79 Å². The fraction of sp³-hybridized carbons (Fsp3) is 0.571. The molecule has 1 saturated heterocycles. The van der Waals surface area contributed by atoms with Crippen LogP contribution in [0.2, 0.25) is 0 Å². The van der Waals surface area contributed by atoms with Crippen LogP contribution in [-0.4, -0.2) is 38.7 Å². The first-order valence-corrected chi connectivity index (χ1v) is 11.7. The van der Waals surface area contributed by atoms with E-state index in [1.807, 2.05) is 11.9 Å². The van der Waals surface area contributed by atoms with Gasteiger partial charge in [0.1, 0.15) is 11.3 Å². The molecule has 1 heterocycles. The van der Waals surface area contributed by atoms with E-state index in [1.54, 1.807) is 12.1 Å². The summed E-state index contributed by atoms with van der Waals surface area (Å²) in [5, 5.41) is 12.3. The summed E-state index contributed by atoms with van der Waals surface area (Å²) >= 11 is 0. The number of carbonyl (C=O) groups is 1. The second-order valence-electron chi connectivity index (χ2n) is 7.95. The van der Waals surface area contributed by atoms with Crippen LogP contribution in [0, 0.1) is 16.7 Å². The normalized spacial score (nSPS) is 21.2. The van der Waals surface area contributed by atoms with Crippen molar-refractivity contribution in [3.05, 3.63) is 24.3 Å². The summed E-state index contributed by atoms with van der Waals surface area (Å²) in [6.07, 6.45) is 7.44. The maximum atomic E-state index is 12.8. The van der Waals surface area contributed by atoms with Gasteiger partial charge < -0.3 is 10.2 Å². The summed E-state index contributed by atoms with van der Waals surface area (Å²) in [7, 11) is -2.02. The van der Waals surface area contributed by atoms with E-state index in [4.69, 9.17) is 0 Å². The minimum absolute atomic E-state index is 0.0371. The van der Waals surface area contributed by atoms with E-state index in [-0.39, 0.29) is 10.8 Å². The summed E-state index contributed by atoms with van der Waals surface area (Å²) in [4.78, 5) is 14.7. The maximum absolute atomic E-state index is 12.8. The van der Waals surface area contributed by atoms with E-state index in [9.17, 15) is 18.5 Å². The van der Waals surface area contributed by atoms with Gasteiger partial charge in [0.25, 0.3) is 10.0 Å². The summed E-state index contributed by atoms with van der Waals surface area (Å²) in [6, 6.07) is 8.30. The van der Waals surface area contributed by atoms with Crippen LogP contribution >= 0.6 is 0 Å². The minimum atomic E-state index is -3.88. The predicted molar refractivity (Wildman–Crippen MR) is 112 cm³/mol. The fourth-order valence-corrected chi connectivity index (χ4v) is 5.11. The number of hydrogen-bond acceptors (Lipinski definition) is 4. The van der Waals surface area contributed by atoms with Gasteiger partial charge >= 0.3 is 0 Å². The molecule has 0 spiro atoms. The molecule has 1 aromatic carbocycles. The maximum Gasteiger partial charge on any atom is 0.284 e. The number of nitrogens with zero attached hydrogens (tertiary/aromatic N) is 3. The standard InChI is InChI=1S/C21H28N4O3S/c1-25-14-7-2-4-11-19(25)24-29(27,28)18-10-8-9-17(15-18)23-20(26)21(16-22)12-5-3-6-13-21/h8-10,15H,2-7,11-14H2,1H3,(H,23,26). The topological polar surface area (TPSA) is 103 Å². The molecule has 3 rings (SSSR count). The molecule has 0 unspecified atom stereocenters. The molecular weight excluding hydrogens is 388 g/mol. The fourth-order valence-electron chi connectivity index (χ4n) is 3.97. The van der Waals surface area contributed by atoms with Crippen molar-refractivity contribution in [3.63, 3.8) is 0 Å². The van der Waals surface area contributed by atoms with E-state index in [0.717, 1.165) is 45.1 Å². The minimum Gasteiger partial charge on any atom is -0.362 e. The highest BCUT2D eigenvalue weighted by Crippen LogP contribution is 2.37. The number of benzene rings is 1. The lowest BCUT2D eigenvalue weighted by Crippen LogP contribution is -2.36. The van der Waals surface area contributed by atoms with E-state index in [1.165, 1.54) is 12.1 Å². The lowest BCUT2D eigenvalue weighted by Gasteiger charge is -2.29. The Bertz CT molecular complexity index is 927. The summed E-state index contributed by atoms with van der Waals surface area (Å²) in [6.45, 7) is 0.792. The first kappa shape index (κ1) is 21.3. The number of amidine groups is 1. The van der Waals surface area contributed by atoms with Crippen LogP contribution < -0.4 is 5.32 Å². The van der Waals surface area contributed by atoms with E-state index in [2.05, 4.69) is 15.8 Å². The predicted octanol–water partition coefficient (Wildman–Crippen LogP) is 3.69. The van der Waals surface area contributed by atoms with Crippen LogP contribution in [0.3, 0.4) is 0 Å². The van der Waals surface area contributed by atoms with Crippen LogP contribution in [0.4, 0.5) is 5.69 Å². The molecule has 1 N–H and O–H groups in total. The van der Waals surface area contributed by atoms with Gasteiger partial charge in [-0.15, -0.1) is 4.40 Å². The first-order valence-electron chi connectivity index (χ1n) is 10.2. The zero-order valence-electron chi connectivity index (χ0n) is 16.9. The molecule has 7 nitrogen and oxygen atoms in total. The Morgan fingerprint density at radius 1 is 1.17 bits per heavy atom. The number of carbonyl (C=O) groups excluding carboxylic acids is 1. The molecule has 8 heteroatoms. The number of hydrogen-bond donors (Lipinski definition) is 1. The monoisotopic (exact) mass is 416 g/mol. The molecule has 1 saturated carbocycles. The second kappa shape index (κ2) is 8.95. The Labute approximate surface area is 172 Å².